The summed E-state index contributed by atoms with van der Waals surface area (Å²) in [6, 6.07) is 0.0846. The molecular formula is C13H28N2O2. The van der Waals surface area contributed by atoms with Crippen molar-refractivity contribution in [3.8, 4) is 0 Å². The summed E-state index contributed by atoms with van der Waals surface area (Å²) in [5.74, 6) is 0.386. The predicted molar refractivity (Wildman–Crippen MR) is 69.9 cm³/mol. The normalized spacial score (nSPS) is 26.8. The maximum Gasteiger partial charge on any atom is 0.0699 e. The fourth-order valence-electron chi connectivity index (χ4n) is 2.40. The fraction of sp³-hybridized carbons (Fsp3) is 1.00. The number of rotatable bonds is 5. The van der Waals surface area contributed by atoms with Gasteiger partial charge in [0.1, 0.15) is 0 Å². The highest BCUT2D eigenvalue weighted by Gasteiger charge is 2.29. The molecule has 102 valence electrons. The van der Waals surface area contributed by atoms with Crippen LogP contribution in [-0.4, -0.2) is 54.5 Å². The van der Waals surface area contributed by atoms with Crippen molar-refractivity contribution in [3.63, 3.8) is 0 Å². The first-order valence-electron chi connectivity index (χ1n) is 6.82. The first-order chi connectivity index (χ1) is 8.10. The first kappa shape index (κ1) is 14.9. The summed E-state index contributed by atoms with van der Waals surface area (Å²) < 4.78 is 5.75. The Morgan fingerprint density at radius 3 is 2.71 bits per heavy atom. The zero-order valence-electron chi connectivity index (χ0n) is 11.4. The number of ether oxygens (including phenoxy) is 1. The molecule has 0 radical (unpaired) electrons. The van der Waals surface area contributed by atoms with Crippen LogP contribution in [0.2, 0.25) is 0 Å². The van der Waals surface area contributed by atoms with Crippen molar-refractivity contribution >= 4 is 0 Å². The molecule has 0 aromatic rings. The topological polar surface area (TPSA) is 58.7 Å². The van der Waals surface area contributed by atoms with Crippen molar-refractivity contribution in [1.29, 1.82) is 0 Å². The number of aliphatic hydroxyl groups excluding tert-OH is 1. The Bertz CT molecular complexity index is 212. The van der Waals surface area contributed by atoms with Gasteiger partial charge in [-0.2, -0.15) is 0 Å². The van der Waals surface area contributed by atoms with E-state index in [0.717, 1.165) is 32.5 Å². The molecule has 1 rings (SSSR count). The lowest BCUT2D eigenvalue weighted by Crippen LogP contribution is -2.54. The second-order valence-electron chi connectivity index (χ2n) is 5.32. The average molecular weight is 244 g/mol. The molecule has 0 aliphatic carbocycles. The van der Waals surface area contributed by atoms with Crippen LogP contribution in [0.15, 0.2) is 0 Å². The summed E-state index contributed by atoms with van der Waals surface area (Å²) in [6.45, 7) is 9.19. The van der Waals surface area contributed by atoms with Gasteiger partial charge in [-0.3, -0.25) is 4.90 Å². The minimum Gasteiger partial charge on any atom is -0.395 e. The van der Waals surface area contributed by atoms with Crippen LogP contribution in [-0.2, 0) is 4.74 Å². The van der Waals surface area contributed by atoms with Gasteiger partial charge < -0.3 is 15.6 Å². The Balaban J connectivity index is 2.65. The van der Waals surface area contributed by atoms with Gasteiger partial charge in [0.15, 0.2) is 0 Å². The summed E-state index contributed by atoms with van der Waals surface area (Å²) in [7, 11) is 0. The molecule has 0 amide bonds. The number of aliphatic hydroxyl groups is 1. The SMILES string of the molecule is CCC1CN(C(CO)C(N)C(C)C)CCCO1. The van der Waals surface area contributed by atoms with E-state index in [4.69, 9.17) is 10.5 Å². The maximum atomic E-state index is 9.59. The number of hydrogen-bond acceptors (Lipinski definition) is 4. The first-order valence-corrected chi connectivity index (χ1v) is 6.82. The van der Waals surface area contributed by atoms with Crippen molar-refractivity contribution in [2.45, 2.75) is 51.8 Å². The number of nitrogens with two attached hydrogens (primary N) is 1. The van der Waals surface area contributed by atoms with Crippen LogP contribution < -0.4 is 5.73 Å². The summed E-state index contributed by atoms with van der Waals surface area (Å²) in [5.41, 5.74) is 6.20. The van der Waals surface area contributed by atoms with Gasteiger partial charge in [-0.05, 0) is 18.8 Å². The van der Waals surface area contributed by atoms with Gasteiger partial charge in [0.25, 0.3) is 0 Å². The molecule has 17 heavy (non-hydrogen) atoms. The number of nitrogens with zero attached hydrogens (tertiary/aromatic N) is 1. The van der Waals surface area contributed by atoms with Crippen molar-refractivity contribution < 1.29 is 9.84 Å². The van der Waals surface area contributed by atoms with E-state index in [1.807, 2.05) is 0 Å². The Morgan fingerprint density at radius 2 is 2.18 bits per heavy atom. The summed E-state index contributed by atoms with van der Waals surface area (Å²) in [4.78, 5) is 2.31. The summed E-state index contributed by atoms with van der Waals surface area (Å²) in [6.07, 6.45) is 2.33. The molecule has 0 aromatic heterocycles. The molecule has 0 aromatic carbocycles. The Labute approximate surface area is 105 Å². The molecule has 0 bridgehead atoms. The lowest BCUT2D eigenvalue weighted by Gasteiger charge is -2.36. The molecule has 1 saturated heterocycles. The maximum absolute atomic E-state index is 9.59. The van der Waals surface area contributed by atoms with Crippen LogP contribution in [0.1, 0.15) is 33.6 Å². The van der Waals surface area contributed by atoms with Crippen molar-refractivity contribution in [3.05, 3.63) is 0 Å². The van der Waals surface area contributed by atoms with Crippen molar-refractivity contribution in [1.82, 2.24) is 4.90 Å². The van der Waals surface area contributed by atoms with E-state index < -0.39 is 0 Å². The van der Waals surface area contributed by atoms with Crippen molar-refractivity contribution in [2.24, 2.45) is 11.7 Å². The highest BCUT2D eigenvalue weighted by atomic mass is 16.5. The molecule has 1 heterocycles. The average Bonchev–Trinajstić information content (AvgIpc) is 2.55. The quantitative estimate of drug-likeness (QED) is 0.752. The third-order valence-electron chi connectivity index (χ3n) is 3.71. The predicted octanol–water partition coefficient (Wildman–Crippen LogP) is 0.832. The van der Waals surface area contributed by atoms with E-state index in [-0.39, 0.29) is 24.8 Å². The second-order valence-corrected chi connectivity index (χ2v) is 5.32. The molecule has 1 aliphatic rings. The smallest absolute Gasteiger partial charge is 0.0699 e. The Hall–Kier alpha value is -0.160. The van der Waals surface area contributed by atoms with Gasteiger partial charge in [0, 0.05) is 31.8 Å². The lowest BCUT2D eigenvalue weighted by molar-refractivity contribution is 0.0312. The molecule has 4 heteroatoms. The minimum atomic E-state index is 0.0237. The molecule has 4 nitrogen and oxygen atoms in total. The van der Waals surface area contributed by atoms with Gasteiger partial charge in [0.05, 0.1) is 12.7 Å². The molecule has 3 N–H and O–H groups in total. The molecule has 0 spiro atoms. The van der Waals surface area contributed by atoms with E-state index >= 15 is 0 Å². The zero-order chi connectivity index (χ0) is 12.8. The van der Waals surface area contributed by atoms with Gasteiger partial charge in [-0.25, -0.2) is 0 Å². The van der Waals surface area contributed by atoms with Crippen LogP contribution in [0.25, 0.3) is 0 Å². The van der Waals surface area contributed by atoms with Crippen LogP contribution in [0, 0.1) is 5.92 Å². The minimum absolute atomic E-state index is 0.0237. The highest BCUT2D eigenvalue weighted by Crippen LogP contribution is 2.16. The Kier molecular flexibility index (Phi) is 6.41. The highest BCUT2D eigenvalue weighted by molar-refractivity contribution is 4.86. The lowest BCUT2D eigenvalue weighted by atomic mass is 9.96. The molecule has 1 aliphatic heterocycles. The van der Waals surface area contributed by atoms with Gasteiger partial charge >= 0.3 is 0 Å². The summed E-state index contributed by atoms with van der Waals surface area (Å²) >= 11 is 0. The van der Waals surface area contributed by atoms with E-state index in [2.05, 4.69) is 25.7 Å². The standard InChI is InChI=1S/C13H28N2O2/c1-4-11-8-15(6-5-7-17-11)12(9-16)13(14)10(2)3/h10-13,16H,4-9,14H2,1-3H3. The molecule has 1 fully saturated rings. The molecule has 0 saturated carbocycles. The van der Waals surface area contributed by atoms with Crippen LogP contribution in [0.5, 0.6) is 0 Å². The van der Waals surface area contributed by atoms with Crippen LogP contribution >= 0.6 is 0 Å². The molecule has 3 unspecified atom stereocenters. The molecular weight excluding hydrogens is 216 g/mol. The van der Waals surface area contributed by atoms with Crippen LogP contribution in [0.4, 0.5) is 0 Å². The monoisotopic (exact) mass is 244 g/mol. The Morgan fingerprint density at radius 1 is 1.47 bits per heavy atom. The van der Waals surface area contributed by atoms with E-state index in [1.54, 1.807) is 0 Å². The summed E-state index contributed by atoms with van der Waals surface area (Å²) in [5, 5.41) is 9.59. The van der Waals surface area contributed by atoms with E-state index in [0.29, 0.717) is 5.92 Å². The van der Waals surface area contributed by atoms with Gasteiger partial charge in [-0.1, -0.05) is 20.8 Å². The van der Waals surface area contributed by atoms with E-state index in [9.17, 15) is 5.11 Å². The van der Waals surface area contributed by atoms with Gasteiger partial charge in [0.2, 0.25) is 0 Å². The largest absolute Gasteiger partial charge is 0.395 e. The fourth-order valence-corrected chi connectivity index (χ4v) is 2.40. The van der Waals surface area contributed by atoms with E-state index in [1.165, 1.54) is 0 Å². The van der Waals surface area contributed by atoms with Crippen LogP contribution in [0.3, 0.4) is 0 Å². The van der Waals surface area contributed by atoms with Crippen molar-refractivity contribution in [2.75, 3.05) is 26.3 Å². The molecule has 3 atom stereocenters. The van der Waals surface area contributed by atoms with Gasteiger partial charge in [-0.15, -0.1) is 0 Å². The second kappa shape index (κ2) is 7.31. The number of hydrogen-bond donors (Lipinski definition) is 2. The third-order valence-corrected chi connectivity index (χ3v) is 3.71. The third kappa shape index (κ3) is 4.21. The zero-order valence-corrected chi connectivity index (χ0v) is 11.4.